The van der Waals surface area contributed by atoms with Gasteiger partial charge < -0.3 is 4.90 Å². The number of nitrogens with zero attached hydrogens (tertiary/aromatic N) is 6. The summed E-state index contributed by atoms with van der Waals surface area (Å²) in [4.78, 5) is 29.7. The molecule has 1 spiro atoms. The average molecular weight is 392 g/mol. The van der Waals surface area contributed by atoms with Crippen LogP contribution in [-0.2, 0) is 17.9 Å². The molecule has 2 saturated heterocycles. The van der Waals surface area contributed by atoms with Crippen LogP contribution in [0.3, 0.4) is 0 Å². The number of benzene rings is 1. The van der Waals surface area contributed by atoms with E-state index in [0.717, 1.165) is 45.6 Å². The van der Waals surface area contributed by atoms with Gasteiger partial charge in [0, 0.05) is 31.6 Å². The molecule has 2 aliphatic heterocycles. The average Bonchev–Trinajstić information content (AvgIpc) is 3.46. The van der Waals surface area contributed by atoms with Gasteiger partial charge in [-0.2, -0.15) is 10.2 Å². The molecule has 0 N–H and O–H groups in total. The summed E-state index contributed by atoms with van der Waals surface area (Å²) in [6, 6.07) is 12.2. The molecule has 2 aromatic heterocycles. The van der Waals surface area contributed by atoms with E-state index in [9.17, 15) is 9.59 Å². The molecule has 8 nitrogen and oxygen atoms in total. The van der Waals surface area contributed by atoms with Crippen LogP contribution in [0.4, 0.5) is 0 Å². The molecule has 2 fully saturated rings. The van der Waals surface area contributed by atoms with Crippen LogP contribution in [-0.4, -0.2) is 61.3 Å². The van der Waals surface area contributed by atoms with Gasteiger partial charge >= 0.3 is 0 Å². The predicted molar refractivity (Wildman–Crippen MR) is 107 cm³/mol. The third-order valence-corrected chi connectivity index (χ3v) is 6.27. The maximum absolute atomic E-state index is 12.8. The zero-order chi connectivity index (χ0) is 19.8. The van der Waals surface area contributed by atoms with Crippen molar-refractivity contribution in [2.45, 2.75) is 25.9 Å². The van der Waals surface area contributed by atoms with Gasteiger partial charge in [0.2, 0.25) is 5.91 Å². The number of fused-ring (bicyclic) bond motifs is 1. The Morgan fingerprint density at radius 2 is 1.86 bits per heavy atom. The Kier molecular flexibility index (Phi) is 4.43. The first-order chi connectivity index (χ1) is 14.1. The van der Waals surface area contributed by atoms with Crippen molar-refractivity contribution in [2.24, 2.45) is 5.41 Å². The second-order valence-electron chi connectivity index (χ2n) is 8.27. The van der Waals surface area contributed by atoms with Crippen LogP contribution in [0.2, 0.25) is 0 Å². The van der Waals surface area contributed by atoms with Gasteiger partial charge in [0.1, 0.15) is 18.4 Å². The largest absolute Gasteiger partial charge is 0.340 e. The number of rotatable bonds is 4. The maximum atomic E-state index is 12.8. The van der Waals surface area contributed by atoms with E-state index in [0.29, 0.717) is 5.52 Å². The van der Waals surface area contributed by atoms with E-state index in [4.69, 9.17) is 0 Å². The molecule has 0 aliphatic carbocycles. The highest BCUT2D eigenvalue weighted by Gasteiger charge is 2.44. The van der Waals surface area contributed by atoms with Gasteiger partial charge in [0.25, 0.3) is 5.56 Å². The van der Waals surface area contributed by atoms with Crippen molar-refractivity contribution in [3.05, 3.63) is 64.8 Å². The van der Waals surface area contributed by atoms with E-state index >= 15 is 0 Å². The lowest BCUT2D eigenvalue weighted by atomic mass is 9.86. The zero-order valence-corrected chi connectivity index (χ0v) is 16.3. The lowest BCUT2D eigenvalue weighted by Crippen LogP contribution is -2.38. The molecule has 1 unspecified atom stereocenters. The molecule has 4 heterocycles. The van der Waals surface area contributed by atoms with Gasteiger partial charge in [0.05, 0.1) is 6.20 Å². The molecule has 1 amide bonds. The lowest BCUT2D eigenvalue weighted by molar-refractivity contribution is -0.131. The van der Waals surface area contributed by atoms with Crippen molar-refractivity contribution in [1.29, 1.82) is 0 Å². The van der Waals surface area contributed by atoms with Crippen molar-refractivity contribution in [1.82, 2.24) is 29.2 Å². The van der Waals surface area contributed by atoms with E-state index < -0.39 is 0 Å². The van der Waals surface area contributed by atoms with E-state index in [1.165, 1.54) is 21.1 Å². The molecule has 1 aromatic carbocycles. The Morgan fingerprint density at radius 1 is 1.03 bits per heavy atom. The molecule has 150 valence electrons. The molecule has 0 radical (unpaired) electrons. The van der Waals surface area contributed by atoms with Crippen LogP contribution >= 0.6 is 0 Å². The van der Waals surface area contributed by atoms with Crippen molar-refractivity contribution < 1.29 is 4.79 Å². The maximum Gasteiger partial charge on any atom is 0.293 e. The first-order valence-electron chi connectivity index (χ1n) is 10.1. The third kappa shape index (κ3) is 3.44. The minimum absolute atomic E-state index is 0.0235. The monoisotopic (exact) mass is 392 g/mol. The summed E-state index contributed by atoms with van der Waals surface area (Å²) in [5.41, 5.74) is 1.65. The van der Waals surface area contributed by atoms with Crippen molar-refractivity contribution in [3.63, 3.8) is 0 Å². The van der Waals surface area contributed by atoms with Crippen LogP contribution in [0.1, 0.15) is 18.4 Å². The van der Waals surface area contributed by atoms with E-state index in [1.807, 2.05) is 11.0 Å². The molecular weight excluding hydrogens is 368 g/mol. The summed E-state index contributed by atoms with van der Waals surface area (Å²) in [7, 11) is 0. The highest BCUT2D eigenvalue weighted by molar-refractivity contribution is 5.76. The molecule has 1 atom stereocenters. The topological polar surface area (TPSA) is 75.7 Å². The summed E-state index contributed by atoms with van der Waals surface area (Å²) in [5, 5.41) is 8.09. The normalized spacial score (nSPS) is 22.1. The summed E-state index contributed by atoms with van der Waals surface area (Å²) in [6.45, 7) is 4.54. The molecule has 3 aromatic rings. The Labute approximate surface area is 168 Å². The van der Waals surface area contributed by atoms with Crippen LogP contribution in [0.5, 0.6) is 0 Å². The first-order valence-corrected chi connectivity index (χ1v) is 10.1. The molecule has 2 aliphatic rings. The zero-order valence-electron chi connectivity index (χ0n) is 16.3. The van der Waals surface area contributed by atoms with Crippen LogP contribution < -0.4 is 5.56 Å². The number of carbonyl (C=O) groups excluding carboxylic acids is 1. The lowest BCUT2D eigenvalue weighted by Gasteiger charge is -2.25. The Morgan fingerprint density at radius 3 is 2.72 bits per heavy atom. The molecular formula is C21H24N6O2. The number of carbonyl (C=O) groups is 1. The summed E-state index contributed by atoms with van der Waals surface area (Å²) in [5.74, 6) is -0.0400. The second-order valence-corrected chi connectivity index (χ2v) is 8.27. The van der Waals surface area contributed by atoms with Gasteiger partial charge in [-0.1, -0.05) is 30.3 Å². The molecule has 0 bridgehead atoms. The number of amides is 1. The van der Waals surface area contributed by atoms with E-state index in [-0.39, 0.29) is 23.4 Å². The summed E-state index contributed by atoms with van der Waals surface area (Å²) < 4.78 is 2.66. The summed E-state index contributed by atoms with van der Waals surface area (Å²) in [6.07, 6.45) is 5.15. The second kappa shape index (κ2) is 7.11. The van der Waals surface area contributed by atoms with Crippen LogP contribution in [0.15, 0.2) is 53.7 Å². The smallest absolute Gasteiger partial charge is 0.293 e. The predicted octanol–water partition coefficient (Wildman–Crippen LogP) is 1.02. The number of hydrogen-bond acceptors (Lipinski definition) is 5. The van der Waals surface area contributed by atoms with Crippen molar-refractivity contribution >= 4 is 11.4 Å². The fraction of sp³-hybridized carbons (Fsp3) is 0.429. The van der Waals surface area contributed by atoms with E-state index in [2.05, 4.69) is 39.4 Å². The fourth-order valence-corrected chi connectivity index (χ4v) is 4.70. The highest BCUT2D eigenvalue weighted by atomic mass is 16.2. The Hall–Kier alpha value is -3.00. The Bertz CT molecular complexity index is 1090. The first kappa shape index (κ1) is 18.1. The van der Waals surface area contributed by atoms with Gasteiger partial charge in [-0.05, 0) is 31.0 Å². The standard InChI is InChI=1S/C21H24N6O2/c28-19(13-26-20(29)18-6-9-22-27(18)16-23-26)25-11-8-21(15-25)7-10-24(14-21)12-17-4-2-1-3-5-17/h1-6,9,16H,7-8,10-15H2. The van der Waals surface area contributed by atoms with Gasteiger partial charge in [-0.3, -0.25) is 14.5 Å². The van der Waals surface area contributed by atoms with Crippen molar-refractivity contribution in [2.75, 3.05) is 26.2 Å². The quantitative estimate of drug-likeness (QED) is 0.663. The summed E-state index contributed by atoms with van der Waals surface area (Å²) >= 11 is 0. The SMILES string of the molecule is O=C(Cn1ncn2nccc2c1=O)N1CCC2(CCN(Cc3ccccc3)C2)C1. The van der Waals surface area contributed by atoms with Gasteiger partial charge in [-0.25, -0.2) is 9.20 Å². The molecule has 8 heteroatoms. The van der Waals surface area contributed by atoms with Crippen LogP contribution in [0, 0.1) is 5.41 Å². The van der Waals surface area contributed by atoms with E-state index in [1.54, 1.807) is 12.3 Å². The highest BCUT2D eigenvalue weighted by Crippen LogP contribution is 2.40. The Balaban J connectivity index is 1.23. The molecule has 0 saturated carbocycles. The minimum atomic E-state index is -0.290. The third-order valence-electron chi connectivity index (χ3n) is 6.27. The number of hydrogen-bond donors (Lipinski definition) is 0. The minimum Gasteiger partial charge on any atom is -0.340 e. The number of aromatic nitrogens is 4. The molecule has 29 heavy (non-hydrogen) atoms. The molecule has 5 rings (SSSR count). The van der Waals surface area contributed by atoms with Gasteiger partial charge in [0.15, 0.2) is 0 Å². The number of likely N-dealkylation sites (tertiary alicyclic amines) is 2. The van der Waals surface area contributed by atoms with Crippen molar-refractivity contribution in [3.8, 4) is 0 Å². The van der Waals surface area contributed by atoms with Gasteiger partial charge in [-0.15, -0.1) is 0 Å². The fourth-order valence-electron chi connectivity index (χ4n) is 4.70. The van der Waals surface area contributed by atoms with Crippen LogP contribution in [0.25, 0.3) is 5.52 Å².